The first kappa shape index (κ1) is 22.5. The normalized spacial score (nSPS) is 14.4. The second-order valence-corrected chi connectivity index (χ2v) is 5.74. The molecule has 142 valence electrons. The Kier molecular flexibility index (Phi) is 6.35. The van der Waals surface area contributed by atoms with Gasteiger partial charge < -0.3 is 4.74 Å². The number of sulfonamides is 1. The summed E-state index contributed by atoms with van der Waals surface area (Å²) in [5.74, 6) is -15.8. The highest BCUT2D eigenvalue weighted by Crippen LogP contribution is 2.54. The Labute approximate surface area is 128 Å². The van der Waals surface area contributed by atoms with Crippen LogP contribution in [0.5, 0.6) is 0 Å². The number of halogens is 9. The van der Waals surface area contributed by atoms with Crippen molar-refractivity contribution in [3.8, 4) is 0 Å². The highest BCUT2D eigenvalue weighted by atomic mass is 32.2. The Bertz CT molecular complexity index is 584. The summed E-state index contributed by atoms with van der Waals surface area (Å²) in [6, 6.07) is 0. The van der Waals surface area contributed by atoms with Crippen LogP contribution in [0.1, 0.15) is 0 Å². The first-order valence-electron chi connectivity index (χ1n) is 5.44. The standard InChI is InChI=1S/C9H8F9NO4S/c1-2-5(20)23-4-3-19-24(21,22)9(17,18)7(12,13)6(10,11)8(14,15)16/h2,19H,1,3-4H2. The van der Waals surface area contributed by atoms with Crippen LogP contribution in [0.2, 0.25) is 0 Å². The van der Waals surface area contributed by atoms with E-state index in [9.17, 15) is 52.7 Å². The Morgan fingerprint density at radius 3 is 1.83 bits per heavy atom. The number of hydrogen-bond donors (Lipinski definition) is 1. The molecule has 0 aromatic rings. The van der Waals surface area contributed by atoms with E-state index in [1.54, 1.807) is 0 Å². The van der Waals surface area contributed by atoms with Gasteiger partial charge in [0.15, 0.2) is 0 Å². The van der Waals surface area contributed by atoms with Crippen LogP contribution in [0.25, 0.3) is 0 Å². The zero-order chi connectivity index (χ0) is 19.6. The number of esters is 1. The van der Waals surface area contributed by atoms with Crippen LogP contribution >= 0.6 is 0 Å². The summed E-state index contributed by atoms with van der Waals surface area (Å²) in [5.41, 5.74) is 0. The highest BCUT2D eigenvalue weighted by Gasteiger charge is 2.85. The zero-order valence-corrected chi connectivity index (χ0v) is 12.0. The minimum atomic E-state index is -7.34. The summed E-state index contributed by atoms with van der Waals surface area (Å²) in [7, 11) is -6.70. The summed E-state index contributed by atoms with van der Waals surface area (Å²) in [6.07, 6.45) is -6.59. The third-order valence-electron chi connectivity index (χ3n) is 2.26. The lowest BCUT2D eigenvalue weighted by atomic mass is 10.1. The van der Waals surface area contributed by atoms with Gasteiger partial charge in [0.2, 0.25) is 0 Å². The van der Waals surface area contributed by atoms with E-state index in [0.717, 1.165) is 0 Å². The number of alkyl halides is 9. The van der Waals surface area contributed by atoms with Crippen LogP contribution in [0.4, 0.5) is 39.5 Å². The molecule has 0 saturated carbocycles. The molecular weight excluding hydrogens is 389 g/mol. The van der Waals surface area contributed by atoms with Crippen molar-refractivity contribution in [3.05, 3.63) is 12.7 Å². The summed E-state index contributed by atoms with van der Waals surface area (Å²) < 4.78 is 139. The van der Waals surface area contributed by atoms with E-state index >= 15 is 0 Å². The third-order valence-corrected chi connectivity index (χ3v) is 3.77. The van der Waals surface area contributed by atoms with E-state index in [-0.39, 0.29) is 0 Å². The average molecular weight is 397 g/mol. The molecule has 0 aliphatic rings. The second kappa shape index (κ2) is 6.78. The van der Waals surface area contributed by atoms with Crippen molar-refractivity contribution in [1.29, 1.82) is 0 Å². The van der Waals surface area contributed by atoms with Gasteiger partial charge in [-0.3, -0.25) is 0 Å². The van der Waals surface area contributed by atoms with Crippen molar-refractivity contribution in [1.82, 2.24) is 4.72 Å². The van der Waals surface area contributed by atoms with E-state index in [1.807, 2.05) is 0 Å². The van der Waals surface area contributed by atoms with E-state index < -0.39 is 52.4 Å². The molecule has 0 saturated heterocycles. The SMILES string of the molecule is C=CC(=O)OCCNS(=O)(=O)C(F)(F)C(F)(F)C(F)(F)C(F)(F)F. The van der Waals surface area contributed by atoms with Gasteiger partial charge in [0, 0.05) is 12.6 Å². The van der Waals surface area contributed by atoms with Crippen molar-refractivity contribution in [3.63, 3.8) is 0 Å². The van der Waals surface area contributed by atoms with E-state index in [2.05, 4.69) is 11.3 Å². The zero-order valence-electron chi connectivity index (χ0n) is 11.1. The first-order valence-corrected chi connectivity index (χ1v) is 6.92. The minimum absolute atomic E-state index is 0.557. The fourth-order valence-electron chi connectivity index (χ4n) is 1.01. The average Bonchev–Trinajstić information content (AvgIpc) is 2.41. The maximum atomic E-state index is 13.2. The lowest BCUT2D eigenvalue weighted by Crippen LogP contribution is -2.65. The number of carbonyl (C=O) groups is 1. The van der Waals surface area contributed by atoms with E-state index in [4.69, 9.17) is 0 Å². The van der Waals surface area contributed by atoms with Gasteiger partial charge in [-0.05, 0) is 0 Å². The second-order valence-electron chi connectivity index (χ2n) is 3.93. The molecule has 0 heterocycles. The topological polar surface area (TPSA) is 72.5 Å². The summed E-state index contributed by atoms with van der Waals surface area (Å²) in [6.45, 7) is 0.575. The molecular formula is C9H8F9NO4S. The summed E-state index contributed by atoms with van der Waals surface area (Å²) in [5, 5.41) is -6.83. The van der Waals surface area contributed by atoms with Gasteiger partial charge in [-0.2, -0.15) is 39.5 Å². The number of hydrogen-bond acceptors (Lipinski definition) is 4. The minimum Gasteiger partial charge on any atom is -0.461 e. The molecule has 15 heteroatoms. The monoisotopic (exact) mass is 397 g/mol. The van der Waals surface area contributed by atoms with Crippen LogP contribution in [0.3, 0.4) is 0 Å². The van der Waals surface area contributed by atoms with Gasteiger partial charge in [0.25, 0.3) is 10.0 Å². The van der Waals surface area contributed by atoms with Crippen molar-refractivity contribution < 1.29 is 57.5 Å². The van der Waals surface area contributed by atoms with Crippen LogP contribution in [0, 0.1) is 0 Å². The number of rotatable bonds is 8. The molecule has 0 aromatic heterocycles. The first-order chi connectivity index (χ1) is 10.5. The van der Waals surface area contributed by atoms with E-state index in [1.165, 1.54) is 0 Å². The molecule has 1 N–H and O–H groups in total. The number of nitrogens with one attached hydrogen (secondary N) is 1. The molecule has 0 atom stereocenters. The Morgan fingerprint density at radius 1 is 1.00 bits per heavy atom. The van der Waals surface area contributed by atoms with Crippen molar-refractivity contribution in [2.45, 2.75) is 23.3 Å². The fourth-order valence-corrected chi connectivity index (χ4v) is 2.01. The third kappa shape index (κ3) is 3.93. The molecule has 0 rings (SSSR count). The molecule has 0 unspecified atom stereocenters. The van der Waals surface area contributed by atoms with E-state index in [0.29, 0.717) is 10.8 Å². The van der Waals surface area contributed by atoms with Gasteiger partial charge >= 0.3 is 29.2 Å². The maximum absolute atomic E-state index is 13.2. The Hall–Kier alpha value is -1.51. The van der Waals surface area contributed by atoms with Crippen molar-refractivity contribution in [2.75, 3.05) is 13.2 Å². The molecule has 24 heavy (non-hydrogen) atoms. The van der Waals surface area contributed by atoms with Crippen LogP contribution in [0.15, 0.2) is 12.7 Å². The summed E-state index contributed by atoms with van der Waals surface area (Å²) >= 11 is 0. The van der Waals surface area contributed by atoms with Crippen molar-refractivity contribution in [2.24, 2.45) is 0 Å². The Balaban J connectivity index is 5.40. The molecule has 0 radical (unpaired) electrons. The summed E-state index contributed by atoms with van der Waals surface area (Å²) in [4.78, 5) is 10.5. The van der Waals surface area contributed by atoms with Crippen LogP contribution in [-0.4, -0.2) is 50.8 Å². The quantitative estimate of drug-likeness (QED) is 0.295. The predicted molar refractivity (Wildman–Crippen MR) is 59.0 cm³/mol. The number of carbonyl (C=O) groups excluding carboxylic acids is 1. The molecule has 5 nitrogen and oxygen atoms in total. The van der Waals surface area contributed by atoms with Gasteiger partial charge in [-0.1, -0.05) is 6.58 Å². The van der Waals surface area contributed by atoms with Crippen LogP contribution in [-0.2, 0) is 19.6 Å². The van der Waals surface area contributed by atoms with Crippen molar-refractivity contribution >= 4 is 16.0 Å². The molecule has 0 bridgehead atoms. The largest absolute Gasteiger partial charge is 0.461 e. The molecule has 0 aromatic carbocycles. The Morgan fingerprint density at radius 2 is 1.46 bits per heavy atom. The van der Waals surface area contributed by atoms with Gasteiger partial charge in [-0.15, -0.1) is 0 Å². The predicted octanol–water partition coefficient (Wildman–Crippen LogP) is 2.06. The number of ether oxygens (including phenoxy) is 1. The molecule has 0 aliphatic heterocycles. The molecule has 0 amide bonds. The maximum Gasteiger partial charge on any atom is 0.460 e. The lowest BCUT2D eigenvalue weighted by molar-refractivity contribution is -0.382. The fraction of sp³-hybridized carbons (Fsp3) is 0.667. The van der Waals surface area contributed by atoms with Crippen LogP contribution < -0.4 is 4.72 Å². The lowest BCUT2D eigenvalue weighted by Gasteiger charge is -2.33. The smallest absolute Gasteiger partial charge is 0.460 e. The van der Waals surface area contributed by atoms with Gasteiger partial charge in [0.05, 0.1) is 0 Å². The molecule has 0 spiro atoms. The van der Waals surface area contributed by atoms with Gasteiger partial charge in [0.1, 0.15) is 6.61 Å². The molecule has 0 aliphatic carbocycles. The highest BCUT2D eigenvalue weighted by molar-refractivity contribution is 7.90. The van der Waals surface area contributed by atoms with Gasteiger partial charge in [-0.25, -0.2) is 17.9 Å². The molecule has 0 fully saturated rings.